The minimum Gasteiger partial charge on any atom is -0.399 e. The van der Waals surface area contributed by atoms with Crippen LogP contribution in [-0.4, -0.2) is 19.6 Å². The van der Waals surface area contributed by atoms with Crippen LogP contribution in [0.4, 0.5) is 5.69 Å². The highest BCUT2D eigenvalue weighted by molar-refractivity contribution is 8.14. The summed E-state index contributed by atoms with van der Waals surface area (Å²) in [6.07, 6.45) is 0. The summed E-state index contributed by atoms with van der Waals surface area (Å²) in [5.74, 6) is 0. The van der Waals surface area contributed by atoms with Gasteiger partial charge in [-0.3, -0.25) is 0 Å². The van der Waals surface area contributed by atoms with E-state index in [0.29, 0.717) is 5.69 Å². The van der Waals surface area contributed by atoms with Gasteiger partial charge in [0.25, 0.3) is 6.64 Å². The third-order valence-electron chi connectivity index (χ3n) is 2.21. The Morgan fingerprint density at radius 1 is 1.00 bits per heavy atom. The molecule has 0 heterocycles. The fourth-order valence-electron chi connectivity index (χ4n) is 1.62. The summed E-state index contributed by atoms with van der Waals surface area (Å²) < 4.78 is 39.1. The van der Waals surface area contributed by atoms with Gasteiger partial charge in [-0.05, 0) is 77.6 Å². The Morgan fingerprint density at radius 3 is 1.74 bits per heavy atom. The molecule has 0 saturated heterocycles. The maximum atomic E-state index is 12.6. The van der Waals surface area contributed by atoms with Gasteiger partial charge in [-0.1, -0.05) is 0 Å². The molecule has 0 saturated carbocycles. The van der Waals surface area contributed by atoms with Gasteiger partial charge in [-0.15, -0.1) is 4.49 Å². The summed E-state index contributed by atoms with van der Waals surface area (Å²) in [5, 5.41) is 0. The van der Waals surface area contributed by atoms with Crippen molar-refractivity contribution in [2.45, 2.75) is 57.6 Å². The lowest BCUT2D eigenvalue weighted by atomic mass is 10.2. The second kappa shape index (κ2) is 6.78. The Bertz CT molecular complexity index is 669. The zero-order valence-electron chi connectivity index (χ0n) is 14.3. The molecule has 132 valence electrons. The van der Waals surface area contributed by atoms with Crippen LogP contribution in [0, 0.1) is 0 Å². The summed E-state index contributed by atoms with van der Waals surface area (Å²) in [4.78, 5) is 0.0518. The van der Waals surface area contributed by atoms with Gasteiger partial charge in [-0.2, -0.15) is 0 Å². The molecule has 0 aliphatic heterocycles. The van der Waals surface area contributed by atoms with Crippen molar-refractivity contribution in [3.8, 4) is 0 Å². The minimum atomic E-state index is -3.89. The van der Waals surface area contributed by atoms with Crippen molar-refractivity contribution in [1.29, 1.82) is 0 Å². The highest BCUT2D eigenvalue weighted by Gasteiger charge is 2.35. The Kier molecular flexibility index (Phi) is 6.06. The monoisotopic (exact) mass is 380 g/mol. The molecule has 0 radical (unpaired) electrons. The molecule has 0 atom stereocenters. The van der Waals surface area contributed by atoms with Gasteiger partial charge in [0.1, 0.15) is 0 Å². The van der Waals surface area contributed by atoms with E-state index in [1.807, 2.05) is 0 Å². The molecule has 0 amide bonds. The molecule has 0 aliphatic carbocycles. The minimum absolute atomic E-state index is 0.0518. The highest BCUT2D eigenvalue weighted by Crippen LogP contribution is 2.52. The Balaban J connectivity index is 3.18. The van der Waals surface area contributed by atoms with E-state index in [9.17, 15) is 8.42 Å². The van der Waals surface area contributed by atoms with Crippen LogP contribution in [0.3, 0.4) is 0 Å². The summed E-state index contributed by atoms with van der Waals surface area (Å²) in [7, 11) is -3.89. The fraction of sp³-hybridized carbons (Fsp3) is 0.571. The second-order valence-corrected chi connectivity index (χ2v) is 12.1. The first-order valence-corrected chi connectivity index (χ1v) is 11.2. The molecule has 0 unspecified atom stereocenters. The highest BCUT2D eigenvalue weighted by atomic mass is 32.5. The number of sulfonamides is 1. The molecule has 0 spiro atoms. The van der Waals surface area contributed by atoms with E-state index in [4.69, 9.17) is 26.6 Å². The topological polar surface area (TPSA) is 90.7 Å². The lowest BCUT2D eigenvalue weighted by Gasteiger charge is -2.34. The van der Waals surface area contributed by atoms with Gasteiger partial charge in [0.2, 0.25) is 10.0 Å². The Hall–Kier alpha value is -0.500. The second-order valence-electron chi connectivity index (χ2n) is 7.07. The van der Waals surface area contributed by atoms with E-state index in [0.717, 1.165) is 0 Å². The SMILES string of the molecule is CC(C)(C)OP(=S)(NS(=O)(=O)c1ccc(N)cc1)OC(C)(C)C. The van der Waals surface area contributed by atoms with Crippen LogP contribution >= 0.6 is 6.64 Å². The molecule has 9 heteroatoms. The Labute approximate surface area is 144 Å². The van der Waals surface area contributed by atoms with Gasteiger partial charge in [0.15, 0.2) is 0 Å². The van der Waals surface area contributed by atoms with Crippen molar-refractivity contribution in [2.24, 2.45) is 0 Å². The first-order valence-electron chi connectivity index (χ1n) is 7.03. The quantitative estimate of drug-likeness (QED) is 0.601. The van der Waals surface area contributed by atoms with E-state index < -0.39 is 27.9 Å². The average molecular weight is 380 g/mol. The molecule has 0 fully saturated rings. The molecule has 23 heavy (non-hydrogen) atoms. The molecule has 1 aromatic rings. The fourth-order valence-corrected chi connectivity index (χ4v) is 7.72. The number of nitrogens with two attached hydrogens (primary N) is 1. The number of hydrogen-bond donors (Lipinski definition) is 2. The standard InChI is InChI=1S/C14H25N2O4PS2/c1-13(2,3)19-21(22,20-14(4,5)6)16-23(17,18)12-9-7-11(15)8-10-12/h7-10H,15H2,1-6H3,(H,16,22). The predicted octanol–water partition coefficient (Wildman–Crippen LogP) is 3.40. The van der Waals surface area contributed by atoms with E-state index in [1.165, 1.54) is 24.3 Å². The summed E-state index contributed by atoms with van der Waals surface area (Å²) in [5.41, 5.74) is 4.73. The van der Waals surface area contributed by atoms with Crippen LogP contribution in [0.1, 0.15) is 41.5 Å². The number of hydrogen-bond acceptors (Lipinski definition) is 6. The van der Waals surface area contributed by atoms with Crippen LogP contribution in [0.25, 0.3) is 0 Å². The van der Waals surface area contributed by atoms with Crippen LogP contribution < -0.4 is 10.2 Å². The summed E-state index contributed by atoms with van der Waals surface area (Å²) >= 11 is 5.42. The average Bonchev–Trinajstić information content (AvgIpc) is 2.21. The molecule has 3 N–H and O–H groups in total. The van der Waals surface area contributed by atoms with Crippen LogP contribution in [-0.2, 0) is 30.9 Å². The zero-order chi connectivity index (χ0) is 18.1. The number of nitrogen functional groups attached to an aromatic ring is 1. The van der Waals surface area contributed by atoms with Gasteiger partial charge in [-0.25, -0.2) is 8.42 Å². The third kappa shape index (κ3) is 7.28. The molecule has 0 aromatic heterocycles. The largest absolute Gasteiger partial charge is 0.399 e. The van der Waals surface area contributed by atoms with Crippen LogP contribution in [0.2, 0.25) is 0 Å². The summed E-state index contributed by atoms with van der Waals surface area (Å²) in [6, 6.07) is 5.83. The number of rotatable bonds is 5. The number of benzene rings is 1. The van der Waals surface area contributed by atoms with Crippen molar-refractivity contribution in [2.75, 3.05) is 5.73 Å². The maximum absolute atomic E-state index is 12.6. The Morgan fingerprint density at radius 2 is 1.39 bits per heavy atom. The van der Waals surface area contributed by atoms with Crippen LogP contribution in [0.15, 0.2) is 29.2 Å². The lowest BCUT2D eigenvalue weighted by molar-refractivity contribution is 0.0696. The van der Waals surface area contributed by atoms with E-state index >= 15 is 0 Å². The van der Waals surface area contributed by atoms with Crippen molar-refractivity contribution in [3.05, 3.63) is 24.3 Å². The lowest BCUT2D eigenvalue weighted by Crippen LogP contribution is -2.32. The number of nitrogens with one attached hydrogen (secondary N) is 1. The molecule has 1 rings (SSSR count). The smallest absolute Gasteiger partial charge is 0.276 e. The molecule has 1 aromatic carbocycles. The first kappa shape index (κ1) is 20.5. The third-order valence-corrected chi connectivity index (χ3v) is 7.65. The van der Waals surface area contributed by atoms with Crippen molar-refractivity contribution < 1.29 is 17.5 Å². The maximum Gasteiger partial charge on any atom is 0.276 e. The van der Waals surface area contributed by atoms with Gasteiger partial charge >= 0.3 is 0 Å². The predicted molar refractivity (Wildman–Crippen MR) is 97.1 cm³/mol. The van der Waals surface area contributed by atoms with Gasteiger partial charge < -0.3 is 14.8 Å². The molecular formula is C14H25N2O4PS2. The van der Waals surface area contributed by atoms with Crippen molar-refractivity contribution in [3.63, 3.8) is 0 Å². The van der Waals surface area contributed by atoms with E-state index in [1.54, 1.807) is 41.5 Å². The van der Waals surface area contributed by atoms with E-state index in [2.05, 4.69) is 4.49 Å². The van der Waals surface area contributed by atoms with Gasteiger partial charge in [0.05, 0.1) is 16.1 Å². The molecule has 6 nitrogen and oxygen atoms in total. The number of anilines is 1. The van der Waals surface area contributed by atoms with Crippen molar-refractivity contribution >= 4 is 34.2 Å². The summed E-state index contributed by atoms with van der Waals surface area (Å²) in [6.45, 7) is 7.44. The molecule has 0 bridgehead atoms. The van der Waals surface area contributed by atoms with Gasteiger partial charge in [0, 0.05) is 5.69 Å². The van der Waals surface area contributed by atoms with Crippen molar-refractivity contribution in [1.82, 2.24) is 4.49 Å². The normalized spacial score (nSPS) is 14.0. The zero-order valence-corrected chi connectivity index (χ0v) is 16.8. The molecular weight excluding hydrogens is 355 g/mol. The molecule has 0 aliphatic rings. The van der Waals surface area contributed by atoms with E-state index in [-0.39, 0.29) is 4.90 Å². The first-order chi connectivity index (χ1) is 10.1. The van der Waals surface area contributed by atoms with Crippen LogP contribution in [0.5, 0.6) is 0 Å².